The van der Waals surface area contributed by atoms with Crippen molar-refractivity contribution in [2.75, 3.05) is 32.1 Å². The molecule has 0 spiro atoms. The number of hydrogen-bond acceptors (Lipinski definition) is 7. The Morgan fingerprint density at radius 3 is 2.56 bits per heavy atom. The predicted molar refractivity (Wildman–Crippen MR) is 181 cm³/mol. The zero-order valence-electron chi connectivity index (χ0n) is 27.7. The van der Waals surface area contributed by atoms with Gasteiger partial charge in [-0.15, -0.1) is 0 Å². The summed E-state index contributed by atoms with van der Waals surface area (Å²) in [5.41, 5.74) is -0.207. The molecule has 0 unspecified atom stereocenters. The number of carbonyl (C=O) groups excluding carboxylic acids is 2. The van der Waals surface area contributed by atoms with E-state index in [1.165, 1.54) is 33.2 Å². The molecule has 0 radical (unpaired) electrons. The fraction of sp³-hybridized carbons (Fsp3) is 0.543. The number of benzene rings is 2. The van der Waals surface area contributed by atoms with Gasteiger partial charge in [-0.2, -0.15) is 8.78 Å². The quantitative estimate of drug-likeness (QED) is 0.392. The molecule has 0 saturated heterocycles. The fourth-order valence-electron chi connectivity index (χ4n) is 6.88. The molecule has 5 atom stereocenters. The van der Waals surface area contributed by atoms with Gasteiger partial charge in [0.05, 0.1) is 10.9 Å². The molecule has 1 saturated carbocycles. The largest absolute Gasteiger partial charge is 0.487 e. The molecule has 2 heterocycles. The van der Waals surface area contributed by atoms with E-state index in [2.05, 4.69) is 4.72 Å². The Morgan fingerprint density at radius 1 is 1.12 bits per heavy atom. The van der Waals surface area contributed by atoms with E-state index in [1.807, 2.05) is 17.0 Å². The van der Waals surface area contributed by atoms with Crippen molar-refractivity contribution in [1.29, 1.82) is 0 Å². The van der Waals surface area contributed by atoms with Gasteiger partial charge in [-0.3, -0.25) is 9.59 Å². The number of nitrogens with one attached hydrogen (secondary N) is 1. The normalized spacial score (nSPS) is 28.7. The Kier molecular flexibility index (Phi) is 10.5. The standard InChI is InChI=1S/C35H44ClF2N3O6S/c1-22-8-7-16-34(44,35(37,38)33(43)40(3)4)29-14-11-26(29)20-41-17-6-5-9-24-18-28(36)13-10-27(24)21-47-31-15-12-25(19-30(31)41)32(42)39-48(45,46)23(22)2/h7,10,12-13,15-16,18-19,22-23,26,29,44H,5-6,8-9,11,14,17,20-21H2,1-4H3,(H,39,42)/b16-7+/t22-,23+,26-,29+,34+/m0/s1. The van der Waals surface area contributed by atoms with Crippen molar-refractivity contribution < 1.29 is 36.6 Å². The number of aliphatic hydroxyl groups is 1. The summed E-state index contributed by atoms with van der Waals surface area (Å²) in [6, 6.07) is 10.3. The number of rotatable bonds is 2. The lowest BCUT2D eigenvalue weighted by Crippen LogP contribution is -2.63. The van der Waals surface area contributed by atoms with Gasteiger partial charge in [-0.05, 0) is 98.7 Å². The van der Waals surface area contributed by atoms with E-state index in [0.29, 0.717) is 35.8 Å². The molecule has 2 aromatic rings. The van der Waals surface area contributed by atoms with Crippen LogP contribution < -0.4 is 14.4 Å². The molecule has 5 rings (SSSR count). The van der Waals surface area contributed by atoms with E-state index in [0.717, 1.165) is 34.9 Å². The molecule has 2 amide bonds. The third kappa shape index (κ3) is 7.07. The van der Waals surface area contributed by atoms with Crippen LogP contribution in [-0.2, 0) is 27.8 Å². The Balaban J connectivity index is 1.62. The van der Waals surface area contributed by atoms with Crippen LogP contribution in [0.15, 0.2) is 48.6 Å². The Bertz CT molecular complexity index is 1690. The van der Waals surface area contributed by atoms with Crippen molar-refractivity contribution >= 4 is 39.1 Å². The Labute approximate surface area is 286 Å². The van der Waals surface area contributed by atoms with Crippen LogP contribution in [0.5, 0.6) is 5.75 Å². The highest BCUT2D eigenvalue weighted by Gasteiger charge is 2.64. The number of sulfonamides is 1. The lowest BCUT2D eigenvalue weighted by atomic mass is 9.62. The lowest BCUT2D eigenvalue weighted by molar-refractivity contribution is -0.213. The summed E-state index contributed by atoms with van der Waals surface area (Å²) in [6.45, 7) is 3.97. The molecule has 1 aliphatic carbocycles. The molecule has 2 aromatic carbocycles. The summed E-state index contributed by atoms with van der Waals surface area (Å²) in [7, 11) is -1.75. The van der Waals surface area contributed by atoms with Crippen LogP contribution in [0.4, 0.5) is 14.5 Å². The van der Waals surface area contributed by atoms with Crippen LogP contribution >= 0.6 is 11.6 Å². The number of ether oxygens (including phenoxy) is 1. The maximum absolute atomic E-state index is 16.1. The molecule has 1 fully saturated rings. The summed E-state index contributed by atoms with van der Waals surface area (Å²) >= 11 is 6.29. The van der Waals surface area contributed by atoms with Gasteiger partial charge in [0.25, 0.3) is 11.8 Å². The van der Waals surface area contributed by atoms with Crippen molar-refractivity contribution in [3.8, 4) is 5.75 Å². The van der Waals surface area contributed by atoms with E-state index >= 15 is 8.78 Å². The zero-order chi connectivity index (χ0) is 35.0. The van der Waals surface area contributed by atoms with Crippen LogP contribution in [0, 0.1) is 17.8 Å². The van der Waals surface area contributed by atoms with E-state index in [9.17, 15) is 23.1 Å². The van der Waals surface area contributed by atoms with Crippen molar-refractivity contribution in [3.63, 3.8) is 0 Å². The monoisotopic (exact) mass is 707 g/mol. The van der Waals surface area contributed by atoms with E-state index < -0.39 is 56.4 Å². The SMILES string of the molecule is C[C@@H]1[C@@H](C)C/C=C/[C@](O)(C(F)(F)C(=O)N(C)C)[C@@H]2CC[C@H]2CN2CCCCc3cc(Cl)ccc3COc3ccc(cc32)C(=O)NS1(=O)=O. The molecule has 0 aromatic heterocycles. The van der Waals surface area contributed by atoms with Crippen LogP contribution in [-0.4, -0.2) is 74.2 Å². The topological polar surface area (TPSA) is 116 Å². The van der Waals surface area contributed by atoms with Crippen LogP contribution in [0.25, 0.3) is 0 Å². The molecule has 9 nitrogen and oxygen atoms in total. The molecule has 262 valence electrons. The van der Waals surface area contributed by atoms with Gasteiger partial charge in [-0.25, -0.2) is 13.1 Å². The number of carbonyl (C=O) groups is 2. The number of alkyl halides is 2. The van der Waals surface area contributed by atoms with Gasteiger partial charge in [0, 0.05) is 43.7 Å². The van der Waals surface area contributed by atoms with Crippen LogP contribution in [0.3, 0.4) is 0 Å². The van der Waals surface area contributed by atoms with Gasteiger partial charge >= 0.3 is 5.92 Å². The number of anilines is 1. The van der Waals surface area contributed by atoms with E-state index in [1.54, 1.807) is 25.1 Å². The molecule has 2 aliphatic heterocycles. The zero-order valence-corrected chi connectivity index (χ0v) is 29.3. The lowest BCUT2D eigenvalue weighted by Gasteiger charge is -2.50. The maximum atomic E-state index is 16.1. The number of nitrogens with zero attached hydrogens (tertiary/aromatic N) is 2. The highest BCUT2D eigenvalue weighted by molar-refractivity contribution is 7.90. The summed E-state index contributed by atoms with van der Waals surface area (Å²) in [5, 5.41) is 11.4. The number of hydrogen-bond donors (Lipinski definition) is 2. The fourth-order valence-corrected chi connectivity index (χ4v) is 8.36. The average Bonchev–Trinajstić information content (AvgIpc) is 3.04. The molecular formula is C35H44ClF2N3O6S. The molecule has 2 bridgehead atoms. The average molecular weight is 708 g/mol. The van der Waals surface area contributed by atoms with E-state index in [-0.39, 0.29) is 31.6 Å². The van der Waals surface area contributed by atoms with E-state index in [4.69, 9.17) is 16.3 Å². The van der Waals surface area contributed by atoms with Gasteiger partial charge < -0.3 is 19.6 Å². The summed E-state index contributed by atoms with van der Waals surface area (Å²) in [6.07, 6.45) is 5.36. The highest BCUT2D eigenvalue weighted by atomic mass is 35.5. The summed E-state index contributed by atoms with van der Waals surface area (Å²) in [5.74, 6) is -8.05. The molecule has 2 N–H and O–H groups in total. The number of halogens is 3. The van der Waals surface area contributed by atoms with Gasteiger partial charge in [-0.1, -0.05) is 36.7 Å². The molecular weight excluding hydrogens is 664 g/mol. The van der Waals surface area contributed by atoms with Crippen molar-refractivity contribution in [2.24, 2.45) is 17.8 Å². The third-order valence-corrected chi connectivity index (χ3v) is 12.4. The molecule has 48 heavy (non-hydrogen) atoms. The number of allylic oxidation sites excluding steroid dienone is 1. The maximum Gasteiger partial charge on any atom is 0.356 e. The third-order valence-electron chi connectivity index (χ3n) is 10.3. The second kappa shape index (κ2) is 14.0. The molecule has 13 heteroatoms. The summed E-state index contributed by atoms with van der Waals surface area (Å²) in [4.78, 5) is 29.0. The number of aryl methyl sites for hydroxylation is 1. The number of amides is 2. The van der Waals surface area contributed by atoms with Gasteiger partial charge in [0.1, 0.15) is 12.4 Å². The predicted octanol–water partition coefficient (Wildman–Crippen LogP) is 5.59. The van der Waals surface area contributed by atoms with Crippen molar-refractivity contribution in [2.45, 2.75) is 75.8 Å². The smallest absolute Gasteiger partial charge is 0.356 e. The minimum absolute atomic E-state index is 0.0120. The van der Waals surface area contributed by atoms with Crippen LogP contribution in [0.1, 0.15) is 67.4 Å². The van der Waals surface area contributed by atoms with Crippen molar-refractivity contribution in [1.82, 2.24) is 9.62 Å². The molecule has 3 aliphatic rings. The first-order valence-corrected chi connectivity index (χ1v) is 18.3. The number of fused-ring (bicyclic) bond motifs is 3. The summed E-state index contributed by atoms with van der Waals surface area (Å²) < 4.78 is 67.3. The first-order valence-electron chi connectivity index (χ1n) is 16.4. The Morgan fingerprint density at radius 2 is 1.88 bits per heavy atom. The Hall–Kier alpha value is -3.22. The highest BCUT2D eigenvalue weighted by Crippen LogP contribution is 2.51. The van der Waals surface area contributed by atoms with Crippen molar-refractivity contribution in [3.05, 3.63) is 70.3 Å². The first-order chi connectivity index (χ1) is 22.5. The second-order valence-electron chi connectivity index (χ2n) is 13.6. The van der Waals surface area contributed by atoms with Crippen LogP contribution in [0.2, 0.25) is 5.02 Å². The minimum atomic E-state index is -4.19. The second-order valence-corrected chi connectivity index (χ2v) is 16.1. The minimum Gasteiger partial charge on any atom is -0.487 e. The van der Waals surface area contributed by atoms with Gasteiger partial charge in [0.15, 0.2) is 5.60 Å². The first kappa shape index (κ1) is 36.1. The van der Waals surface area contributed by atoms with Gasteiger partial charge in [0.2, 0.25) is 10.0 Å².